The minimum atomic E-state index is -0.399. The highest BCUT2D eigenvalue weighted by Gasteiger charge is 2.14. The fourth-order valence-corrected chi connectivity index (χ4v) is 3.48. The van der Waals surface area contributed by atoms with Gasteiger partial charge in [-0.3, -0.25) is 9.59 Å². The van der Waals surface area contributed by atoms with Crippen LogP contribution in [0.2, 0.25) is 0 Å². The van der Waals surface area contributed by atoms with Crippen LogP contribution in [0.15, 0.2) is 53.7 Å². The monoisotopic (exact) mass is 427 g/mol. The lowest BCUT2D eigenvalue weighted by molar-refractivity contribution is -0.113. The highest BCUT2D eigenvalue weighted by Crippen LogP contribution is 2.19. The first-order chi connectivity index (χ1) is 14.5. The zero-order valence-corrected chi connectivity index (χ0v) is 17.5. The number of aryl methyl sites for hydroxylation is 1. The second kappa shape index (κ2) is 10.0. The van der Waals surface area contributed by atoms with E-state index >= 15 is 0 Å². The summed E-state index contributed by atoms with van der Waals surface area (Å²) in [5, 5.41) is 14.4. The smallest absolute Gasteiger partial charge is 0.251 e. The molecular formula is C21H22FN5O2S. The Hall–Kier alpha value is -3.20. The van der Waals surface area contributed by atoms with Crippen molar-refractivity contribution in [3.63, 3.8) is 0 Å². The molecule has 0 fully saturated rings. The van der Waals surface area contributed by atoms with Crippen molar-refractivity contribution in [3.8, 4) is 0 Å². The van der Waals surface area contributed by atoms with E-state index in [-0.39, 0.29) is 24.1 Å². The number of thioether (sulfide) groups is 1. The third-order valence-electron chi connectivity index (χ3n) is 4.44. The van der Waals surface area contributed by atoms with Crippen LogP contribution in [0, 0.1) is 5.82 Å². The Morgan fingerprint density at radius 1 is 1.10 bits per heavy atom. The Bertz CT molecular complexity index is 1040. The molecule has 0 unspecified atom stereocenters. The number of hydrogen-bond donors (Lipinski definition) is 2. The number of carbonyl (C=O) groups excluding carboxylic acids is 2. The number of aromatic nitrogens is 3. The number of carbonyl (C=O) groups is 2. The van der Waals surface area contributed by atoms with Crippen LogP contribution in [-0.2, 0) is 24.8 Å². The predicted octanol–water partition coefficient (Wildman–Crippen LogP) is 3.18. The van der Waals surface area contributed by atoms with Gasteiger partial charge in [0.1, 0.15) is 5.82 Å². The Morgan fingerprint density at radius 2 is 1.83 bits per heavy atom. The van der Waals surface area contributed by atoms with E-state index in [0.717, 1.165) is 17.7 Å². The molecule has 0 saturated carbocycles. The van der Waals surface area contributed by atoms with Crippen molar-refractivity contribution in [1.29, 1.82) is 0 Å². The molecule has 1 aromatic heterocycles. The fraction of sp³-hybridized carbons (Fsp3) is 0.238. The van der Waals surface area contributed by atoms with Crippen molar-refractivity contribution < 1.29 is 14.0 Å². The van der Waals surface area contributed by atoms with E-state index in [1.807, 2.05) is 31.2 Å². The summed E-state index contributed by atoms with van der Waals surface area (Å²) >= 11 is 1.26. The summed E-state index contributed by atoms with van der Waals surface area (Å²) in [6.07, 6.45) is 0.833. The maximum absolute atomic E-state index is 13.0. The van der Waals surface area contributed by atoms with Crippen LogP contribution >= 0.6 is 11.8 Å². The lowest BCUT2D eigenvalue weighted by Crippen LogP contribution is -2.24. The molecule has 0 saturated heterocycles. The molecule has 9 heteroatoms. The van der Waals surface area contributed by atoms with Gasteiger partial charge in [0.15, 0.2) is 11.0 Å². The molecule has 2 aromatic carbocycles. The number of anilines is 1. The zero-order chi connectivity index (χ0) is 21.5. The third kappa shape index (κ3) is 5.44. The topological polar surface area (TPSA) is 88.9 Å². The highest BCUT2D eigenvalue weighted by atomic mass is 32.2. The minimum Gasteiger partial charge on any atom is -0.345 e. The molecule has 0 aliphatic rings. The first kappa shape index (κ1) is 21.5. The Kier molecular flexibility index (Phi) is 7.18. The Labute approximate surface area is 178 Å². The predicted molar refractivity (Wildman–Crippen MR) is 114 cm³/mol. The van der Waals surface area contributed by atoms with E-state index in [4.69, 9.17) is 0 Å². The van der Waals surface area contributed by atoms with E-state index in [1.54, 1.807) is 11.6 Å². The number of para-hydroxylation sites is 1. The molecule has 0 aliphatic heterocycles. The second-order valence-electron chi connectivity index (χ2n) is 6.49. The first-order valence-electron chi connectivity index (χ1n) is 9.40. The van der Waals surface area contributed by atoms with Gasteiger partial charge >= 0.3 is 0 Å². The van der Waals surface area contributed by atoms with Crippen molar-refractivity contribution in [3.05, 3.63) is 71.3 Å². The molecule has 0 aliphatic carbocycles. The highest BCUT2D eigenvalue weighted by molar-refractivity contribution is 7.99. The average molecular weight is 428 g/mol. The summed E-state index contributed by atoms with van der Waals surface area (Å²) in [6, 6.07) is 13.0. The van der Waals surface area contributed by atoms with Crippen LogP contribution in [-0.4, -0.2) is 32.3 Å². The fourth-order valence-electron chi connectivity index (χ4n) is 2.75. The third-order valence-corrected chi connectivity index (χ3v) is 5.46. The molecule has 156 valence electrons. The van der Waals surface area contributed by atoms with Crippen molar-refractivity contribution in [1.82, 2.24) is 20.1 Å². The van der Waals surface area contributed by atoms with Crippen LogP contribution in [0.5, 0.6) is 0 Å². The summed E-state index contributed by atoms with van der Waals surface area (Å²) < 4.78 is 14.7. The van der Waals surface area contributed by atoms with Gasteiger partial charge in [0, 0.05) is 18.3 Å². The maximum Gasteiger partial charge on any atom is 0.251 e. The molecule has 0 bridgehead atoms. The van der Waals surface area contributed by atoms with Gasteiger partial charge < -0.3 is 15.2 Å². The molecule has 2 N–H and O–H groups in total. The van der Waals surface area contributed by atoms with Crippen molar-refractivity contribution in [2.75, 3.05) is 11.1 Å². The van der Waals surface area contributed by atoms with Crippen molar-refractivity contribution in [2.45, 2.75) is 25.0 Å². The molecule has 0 radical (unpaired) electrons. The number of rotatable bonds is 8. The summed E-state index contributed by atoms with van der Waals surface area (Å²) in [5.41, 5.74) is 2.25. The number of hydrogen-bond acceptors (Lipinski definition) is 5. The molecule has 2 amide bonds. The lowest BCUT2D eigenvalue weighted by atomic mass is 10.1. The van der Waals surface area contributed by atoms with E-state index < -0.39 is 5.82 Å². The lowest BCUT2D eigenvalue weighted by Gasteiger charge is -2.09. The minimum absolute atomic E-state index is 0.130. The quantitative estimate of drug-likeness (QED) is 0.539. The number of benzene rings is 2. The van der Waals surface area contributed by atoms with Crippen LogP contribution in [0.1, 0.15) is 28.7 Å². The van der Waals surface area contributed by atoms with Crippen molar-refractivity contribution >= 4 is 29.3 Å². The maximum atomic E-state index is 13.0. The van der Waals surface area contributed by atoms with E-state index in [1.165, 1.54) is 36.0 Å². The number of nitrogens with zero attached hydrogens (tertiary/aromatic N) is 3. The van der Waals surface area contributed by atoms with E-state index in [9.17, 15) is 14.0 Å². The van der Waals surface area contributed by atoms with E-state index in [2.05, 4.69) is 20.8 Å². The summed E-state index contributed by atoms with van der Waals surface area (Å²) in [5.74, 6) is -0.129. The molecule has 3 aromatic rings. The zero-order valence-electron chi connectivity index (χ0n) is 16.7. The second-order valence-corrected chi connectivity index (χ2v) is 7.44. The molecule has 30 heavy (non-hydrogen) atoms. The molecule has 0 spiro atoms. The van der Waals surface area contributed by atoms with Crippen LogP contribution in [0.3, 0.4) is 0 Å². The Balaban J connectivity index is 1.53. The van der Waals surface area contributed by atoms with Crippen LogP contribution < -0.4 is 10.6 Å². The van der Waals surface area contributed by atoms with E-state index in [0.29, 0.717) is 16.5 Å². The average Bonchev–Trinajstić information content (AvgIpc) is 3.11. The SMILES string of the molecule is CCc1ccccc1NC(=O)CSc1nnc(CNC(=O)c2ccc(F)cc2)n1C. The van der Waals surface area contributed by atoms with Gasteiger partial charge in [0.2, 0.25) is 5.91 Å². The van der Waals surface area contributed by atoms with Crippen molar-refractivity contribution in [2.24, 2.45) is 7.05 Å². The largest absolute Gasteiger partial charge is 0.345 e. The first-order valence-corrected chi connectivity index (χ1v) is 10.4. The van der Waals surface area contributed by atoms with Gasteiger partial charge in [-0.1, -0.05) is 36.9 Å². The summed E-state index contributed by atoms with van der Waals surface area (Å²) in [4.78, 5) is 24.4. The van der Waals surface area contributed by atoms with Crippen LogP contribution in [0.25, 0.3) is 0 Å². The molecule has 0 atom stereocenters. The standard InChI is InChI=1S/C21H22FN5O2S/c1-3-14-6-4-5-7-17(14)24-19(28)13-30-21-26-25-18(27(21)2)12-23-20(29)15-8-10-16(22)11-9-15/h4-11H,3,12-13H2,1-2H3,(H,23,29)(H,24,28). The van der Waals surface area contributed by atoms with Gasteiger partial charge in [0.05, 0.1) is 12.3 Å². The molecular weight excluding hydrogens is 405 g/mol. The molecule has 1 heterocycles. The van der Waals surface area contributed by atoms with Gasteiger partial charge in [-0.15, -0.1) is 10.2 Å². The van der Waals surface area contributed by atoms with Gasteiger partial charge in [-0.25, -0.2) is 4.39 Å². The molecule has 7 nitrogen and oxygen atoms in total. The normalized spacial score (nSPS) is 10.6. The number of nitrogens with one attached hydrogen (secondary N) is 2. The Morgan fingerprint density at radius 3 is 2.57 bits per heavy atom. The van der Waals surface area contributed by atoms with Gasteiger partial charge in [0.25, 0.3) is 5.91 Å². The summed E-state index contributed by atoms with van der Waals surface area (Å²) in [6.45, 7) is 2.20. The summed E-state index contributed by atoms with van der Waals surface area (Å²) in [7, 11) is 1.77. The number of halogens is 1. The van der Waals surface area contributed by atoms with Gasteiger partial charge in [-0.05, 0) is 42.3 Å². The van der Waals surface area contributed by atoms with Gasteiger partial charge in [-0.2, -0.15) is 0 Å². The molecule has 3 rings (SSSR count). The van der Waals surface area contributed by atoms with Crippen LogP contribution in [0.4, 0.5) is 10.1 Å². The number of amides is 2.